The summed E-state index contributed by atoms with van der Waals surface area (Å²) in [5.74, 6) is 3.89. The molecule has 0 bridgehead atoms. The lowest BCUT2D eigenvalue weighted by Gasteiger charge is -2.38. The number of allylic oxidation sites excluding steroid dienone is 2. The molecule has 0 aliphatic heterocycles. The first-order valence-electron chi connectivity index (χ1n) is 18.6. The number of hydrogen-bond donors (Lipinski definition) is 0. The van der Waals surface area contributed by atoms with Crippen LogP contribution in [0.15, 0.2) is 144 Å². The van der Waals surface area contributed by atoms with E-state index in [0.29, 0.717) is 11.6 Å². The zero-order valence-electron chi connectivity index (χ0n) is 30.0. The van der Waals surface area contributed by atoms with Crippen LogP contribution < -0.4 is 0 Å². The van der Waals surface area contributed by atoms with E-state index in [2.05, 4.69) is 147 Å². The molecule has 0 spiro atoms. The molecule has 258 valence electrons. The van der Waals surface area contributed by atoms with E-state index in [-0.39, 0.29) is 5.41 Å². The molecule has 11 rings (SSSR count). The van der Waals surface area contributed by atoms with Crippen LogP contribution in [0.3, 0.4) is 0 Å². The Kier molecular flexibility index (Phi) is 6.77. The summed E-state index contributed by atoms with van der Waals surface area (Å²) in [4.78, 5) is 16.1. The average Bonchev–Trinajstić information content (AvgIpc) is 3.81. The van der Waals surface area contributed by atoms with Crippen LogP contribution in [0.2, 0.25) is 0 Å². The molecule has 0 N–H and O–H groups in total. The van der Waals surface area contributed by atoms with Crippen molar-refractivity contribution in [3.05, 3.63) is 174 Å². The Labute approximate surface area is 317 Å². The number of aromatic nitrogens is 3. The van der Waals surface area contributed by atoms with Crippen LogP contribution >= 0.6 is 11.3 Å². The van der Waals surface area contributed by atoms with Crippen molar-refractivity contribution in [2.45, 2.75) is 37.5 Å². The minimum absolute atomic E-state index is 0.347. The third-order valence-electron chi connectivity index (χ3n) is 11.8. The highest BCUT2D eigenvalue weighted by atomic mass is 32.1. The summed E-state index contributed by atoms with van der Waals surface area (Å²) < 4.78 is 9.47. The van der Waals surface area contributed by atoms with Gasteiger partial charge in [-0.15, -0.1) is 11.3 Å². The van der Waals surface area contributed by atoms with Crippen molar-refractivity contribution < 1.29 is 4.42 Å². The van der Waals surface area contributed by atoms with Gasteiger partial charge in [-0.1, -0.05) is 134 Å². The van der Waals surface area contributed by atoms with E-state index in [9.17, 15) is 0 Å². The van der Waals surface area contributed by atoms with Crippen LogP contribution in [0.1, 0.15) is 60.7 Å². The molecule has 5 heteroatoms. The standard InChI is InChI=1S/C49H35N3OS/c1-48(38-23-12-22-36-35-21-10-11-26-41(35)54-44(36)38)27-13-24-39-42(48)43-40(53-39)25-14-28-49(43,2)47-51-45(30-15-4-3-5-16-30)50-46(52-47)37-29-31-17-6-7-18-32(31)33-19-8-9-20-34(33)37/h3-26,29H,27-28H2,1-2H3. The first kappa shape index (κ1) is 31.4. The molecule has 3 aromatic heterocycles. The number of rotatable bonds is 4. The number of benzene rings is 6. The molecule has 6 aromatic carbocycles. The van der Waals surface area contributed by atoms with Gasteiger partial charge in [0.05, 0.1) is 5.41 Å². The van der Waals surface area contributed by atoms with Gasteiger partial charge in [0, 0.05) is 47.8 Å². The van der Waals surface area contributed by atoms with Gasteiger partial charge in [-0.05, 0) is 71.2 Å². The van der Waals surface area contributed by atoms with Gasteiger partial charge in [0.15, 0.2) is 11.6 Å². The van der Waals surface area contributed by atoms with E-state index in [0.717, 1.165) is 52.1 Å². The maximum absolute atomic E-state index is 6.83. The van der Waals surface area contributed by atoms with Crippen LogP contribution in [-0.4, -0.2) is 15.0 Å². The monoisotopic (exact) mass is 713 g/mol. The fourth-order valence-electron chi connectivity index (χ4n) is 9.13. The topological polar surface area (TPSA) is 51.8 Å². The smallest absolute Gasteiger partial charge is 0.164 e. The van der Waals surface area contributed by atoms with Crippen molar-refractivity contribution >= 4 is 65.2 Å². The molecule has 0 saturated heterocycles. The van der Waals surface area contributed by atoms with Crippen molar-refractivity contribution in [3.8, 4) is 22.8 Å². The van der Waals surface area contributed by atoms with Crippen LogP contribution in [0.5, 0.6) is 0 Å². The van der Waals surface area contributed by atoms with Gasteiger partial charge in [-0.3, -0.25) is 0 Å². The first-order valence-corrected chi connectivity index (χ1v) is 19.5. The second-order valence-electron chi connectivity index (χ2n) is 15.1. The second-order valence-corrected chi connectivity index (χ2v) is 16.2. The minimum Gasteiger partial charge on any atom is -0.457 e. The van der Waals surface area contributed by atoms with Crippen molar-refractivity contribution in [1.82, 2.24) is 15.0 Å². The highest BCUT2D eigenvalue weighted by molar-refractivity contribution is 7.26. The van der Waals surface area contributed by atoms with Crippen LogP contribution in [-0.2, 0) is 10.8 Å². The van der Waals surface area contributed by atoms with E-state index in [1.54, 1.807) is 0 Å². The molecule has 54 heavy (non-hydrogen) atoms. The number of thiophene rings is 1. The molecule has 2 unspecified atom stereocenters. The summed E-state index contributed by atoms with van der Waals surface area (Å²) in [5.41, 5.74) is 4.74. The Morgan fingerprint density at radius 3 is 2.00 bits per heavy atom. The van der Waals surface area contributed by atoms with Crippen LogP contribution in [0, 0.1) is 0 Å². The van der Waals surface area contributed by atoms with Gasteiger partial charge in [0.2, 0.25) is 0 Å². The van der Waals surface area contributed by atoms with Gasteiger partial charge >= 0.3 is 0 Å². The zero-order chi connectivity index (χ0) is 36.0. The molecule has 0 radical (unpaired) electrons. The Balaban J connectivity index is 1.17. The van der Waals surface area contributed by atoms with Crippen molar-refractivity contribution in [3.63, 3.8) is 0 Å². The number of furan rings is 1. The molecule has 2 aliphatic carbocycles. The van der Waals surface area contributed by atoms with Gasteiger partial charge in [-0.25, -0.2) is 15.0 Å². The maximum atomic E-state index is 6.83. The summed E-state index contributed by atoms with van der Waals surface area (Å²) in [5, 5.41) is 7.30. The summed E-state index contributed by atoms with van der Waals surface area (Å²) in [6, 6.07) is 45.3. The molecule has 9 aromatic rings. The van der Waals surface area contributed by atoms with E-state index in [1.165, 1.54) is 47.6 Å². The normalized spacial score (nSPS) is 19.1. The van der Waals surface area contributed by atoms with E-state index in [4.69, 9.17) is 19.4 Å². The van der Waals surface area contributed by atoms with Crippen LogP contribution in [0.4, 0.5) is 0 Å². The van der Waals surface area contributed by atoms with E-state index < -0.39 is 5.41 Å². The third-order valence-corrected chi connectivity index (χ3v) is 13.0. The molecule has 2 atom stereocenters. The highest BCUT2D eigenvalue weighted by Gasteiger charge is 2.47. The minimum atomic E-state index is -0.602. The summed E-state index contributed by atoms with van der Waals surface area (Å²) in [6.07, 6.45) is 10.4. The number of fused-ring (bicyclic) bond motifs is 9. The first-order chi connectivity index (χ1) is 26.5. The second kappa shape index (κ2) is 11.7. The SMILES string of the molecule is CC1(c2nc(-c3ccccc3)nc(-c3cc4ccccc4c4ccccc34)n2)CC=Cc2oc3c(c21)C(C)(c1cccc2c1sc1ccccc12)CC=C3. The quantitative estimate of drug-likeness (QED) is 0.170. The van der Waals surface area contributed by atoms with Crippen molar-refractivity contribution in [2.24, 2.45) is 0 Å². The molecule has 3 heterocycles. The summed E-state index contributed by atoms with van der Waals surface area (Å²) >= 11 is 1.89. The predicted octanol–water partition coefficient (Wildman–Crippen LogP) is 12.9. The molecular weight excluding hydrogens is 679 g/mol. The van der Waals surface area contributed by atoms with Gasteiger partial charge in [0.1, 0.15) is 17.3 Å². The summed E-state index contributed by atoms with van der Waals surface area (Å²) in [6.45, 7) is 4.70. The van der Waals surface area contributed by atoms with Gasteiger partial charge in [-0.2, -0.15) is 0 Å². The fourth-order valence-corrected chi connectivity index (χ4v) is 10.5. The number of hydrogen-bond acceptors (Lipinski definition) is 5. The summed E-state index contributed by atoms with van der Waals surface area (Å²) in [7, 11) is 0. The number of nitrogens with zero attached hydrogens (tertiary/aromatic N) is 3. The Bertz CT molecular complexity index is 3040. The average molecular weight is 714 g/mol. The molecule has 0 amide bonds. The largest absolute Gasteiger partial charge is 0.457 e. The van der Waals surface area contributed by atoms with Crippen LogP contribution in [0.25, 0.3) is 76.6 Å². The Morgan fingerprint density at radius 1 is 0.556 bits per heavy atom. The van der Waals surface area contributed by atoms with Crippen molar-refractivity contribution in [2.75, 3.05) is 0 Å². The van der Waals surface area contributed by atoms with Gasteiger partial charge in [0.25, 0.3) is 0 Å². The Hall–Kier alpha value is -6.17. The van der Waals surface area contributed by atoms with Crippen molar-refractivity contribution in [1.29, 1.82) is 0 Å². The molecule has 4 nitrogen and oxygen atoms in total. The lowest BCUT2D eigenvalue weighted by molar-refractivity contribution is 0.493. The van der Waals surface area contributed by atoms with Gasteiger partial charge < -0.3 is 4.42 Å². The Morgan fingerprint density at radius 2 is 1.19 bits per heavy atom. The molecule has 0 saturated carbocycles. The lowest BCUT2D eigenvalue weighted by Crippen LogP contribution is -2.34. The third kappa shape index (κ3) is 4.51. The van der Waals surface area contributed by atoms with E-state index >= 15 is 0 Å². The molecule has 0 fully saturated rings. The van der Waals surface area contributed by atoms with E-state index in [1.807, 2.05) is 29.5 Å². The predicted molar refractivity (Wildman–Crippen MR) is 224 cm³/mol. The lowest BCUT2D eigenvalue weighted by atomic mass is 9.64. The molecule has 2 aliphatic rings. The fraction of sp³-hybridized carbons (Fsp3) is 0.122. The maximum Gasteiger partial charge on any atom is 0.164 e. The highest BCUT2D eigenvalue weighted by Crippen LogP contribution is 2.54. The zero-order valence-corrected chi connectivity index (χ0v) is 30.8. The molecular formula is C49H35N3OS.